The van der Waals surface area contributed by atoms with E-state index in [0.717, 1.165) is 29.3 Å². The van der Waals surface area contributed by atoms with Crippen LogP contribution in [0.5, 0.6) is 0 Å². The highest BCUT2D eigenvalue weighted by Gasteiger charge is 2.22. The predicted octanol–water partition coefficient (Wildman–Crippen LogP) is 4.99. The molecule has 3 nitrogen and oxygen atoms in total. The predicted molar refractivity (Wildman–Crippen MR) is 96.6 cm³/mol. The number of H-pyrrole nitrogens is 1. The maximum atomic E-state index is 4.91. The molecule has 0 unspecified atom stereocenters. The third kappa shape index (κ3) is 1.99. The summed E-state index contributed by atoms with van der Waals surface area (Å²) in [6, 6.07) is 17.0. The van der Waals surface area contributed by atoms with Crippen molar-refractivity contribution in [2.75, 3.05) is 11.4 Å². The SMILES string of the molecule is c1ccc2c(c1)CCN2c1nc(-c2c[nH]c3ccccc23)cs1. The average molecular weight is 317 g/mol. The van der Waals surface area contributed by atoms with Crippen LogP contribution in [-0.2, 0) is 6.42 Å². The Kier molecular flexibility index (Phi) is 2.78. The molecule has 4 aromatic rings. The first-order valence-corrected chi connectivity index (χ1v) is 8.65. The van der Waals surface area contributed by atoms with Crippen molar-refractivity contribution >= 4 is 33.1 Å². The Hall–Kier alpha value is -2.59. The topological polar surface area (TPSA) is 31.9 Å². The zero-order valence-corrected chi connectivity index (χ0v) is 13.3. The van der Waals surface area contributed by atoms with Crippen LogP contribution >= 0.6 is 11.3 Å². The summed E-state index contributed by atoms with van der Waals surface area (Å²) in [4.78, 5) is 10.6. The number of hydrogen-bond donors (Lipinski definition) is 1. The van der Waals surface area contributed by atoms with Crippen molar-refractivity contribution in [2.24, 2.45) is 0 Å². The highest BCUT2D eigenvalue weighted by molar-refractivity contribution is 7.14. The number of fused-ring (bicyclic) bond motifs is 2. The van der Waals surface area contributed by atoms with Crippen molar-refractivity contribution in [1.82, 2.24) is 9.97 Å². The Bertz CT molecular complexity index is 998. The summed E-state index contributed by atoms with van der Waals surface area (Å²) in [7, 11) is 0. The van der Waals surface area contributed by atoms with E-state index in [1.54, 1.807) is 11.3 Å². The Morgan fingerprint density at radius 3 is 2.91 bits per heavy atom. The van der Waals surface area contributed by atoms with Gasteiger partial charge in [0.1, 0.15) is 0 Å². The standard InChI is InChI=1S/C19H15N3S/c1-4-8-18-13(5-1)9-10-22(18)19-21-17(12-23-19)15-11-20-16-7-3-2-6-14(15)16/h1-8,11-12,20H,9-10H2. The lowest BCUT2D eigenvalue weighted by atomic mass is 10.1. The number of anilines is 2. The van der Waals surface area contributed by atoms with Crippen molar-refractivity contribution in [2.45, 2.75) is 6.42 Å². The number of thiazole rings is 1. The van der Waals surface area contributed by atoms with Gasteiger partial charge in [-0.3, -0.25) is 0 Å². The summed E-state index contributed by atoms with van der Waals surface area (Å²) in [6.07, 6.45) is 3.15. The maximum absolute atomic E-state index is 4.91. The molecule has 1 aliphatic heterocycles. The molecule has 3 heterocycles. The molecule has 0 fully saturated rings. The second-order valence-electron chi connectivity index (χ2n) is 5.79. The molecule has 0 bridgehead atoms. The third-order valence-corrected chi connectivity index (χ3v) is 5.34. The number of rotatable bonds is 2. The lowest BCUT2D eigenvalue weighted by molar-refractivity contribution is 0.991. The Balaban J connectivity index is 1.57. The molecule has 1 N–H and O–H groups in total. The first-order chi connectivity index (χ1) is 11.4. The summed E-state index contributed by atoms with van der Waals surface area (Å²) in [6.45, 7) is 1.01. The van der Waals surface area contributed by atoms with Gasteiger partial charge in [-0.25, -0.2) is 4.98 Å². The molecule has 0 radical (unpaired) electrons. The van der Waals surface area contributed by atoms with E-state index in [9.17, 15) is 0 Å². The first-order valence-electron chi connectivity index (χ1n) is 7.77. The lowest BCUT2D eigenvalue weighted by Crippen LogP contribution is -2.12. The molecule has 0 saturated heterocycles. The van der Waals surface area contributed by atoms with Gasteiger partial charge >= 0.3 is 0 Å². The maximum Gasteiger partial charge on any atom is 0.190 e. The van der Waals surface area contributed by atoms with Crippen LogP contribution < -0.4 is 4.90 Å². The number of nitrogens with one attached hydrogen (secondary N) is 1. The zero-order valence-electron chi connectivity index (χ0n) is 12.5. The van der Waals surface area contributed by atoms with E-state index in [-0.39, 0.29) is 0 Å². The molecule has 0 spiro atoms. The monoisotopic (exact) mass is 317 g/mol. The molecule has 5 rings (SSSR count). The van der Waals surface area contributed by atoms with Crippen LogP contribution in [0.2, 0.25) is 0 Å². The molecule has 0 amide bonds. The van der Waals surface area contributed by atoms with Crippen molar-refractivity contribution in [3.05, 3.63) is 65.7 Å². The number of aromatic nitrogens is 2. The van der Waals surface area contributed by atoms with E-state index in [0.29, 0.717) is 0 Å². The van der Waals surface area contributed by atoms with Crippen molar-refractivity contribution in [1.29, 1.82) is 0 Å². The van der Waals surface area contributed by atoms with Gasteiger partial charge in [0.25, 0.3) is 0 Å². The number of nitrogens with zero attached hydrogens (tertiary/aromatic N) is 2. The Morgan fingerprint density at radius 2 is 1.91 bits per heavy atom. The van der Waals surface area contributed by atoms with E-state index in [1.165, 1.54) is 22.2 Å². The fourth-order valence-electron chi connectivity index (χ4n) is 3.33. The second-order valence-corrected chi connectivity index (χ2v) is 6.63. The number of benzene rings is 2. The molecule has 0 atom stereocenters. The van der Waals surface area contributed by atoms with Gasteiger partial charge in [-0.2, -0.15) is 0 Å². The van der Waals surface area contributed by atoms with Crippen LogP contribution in [0, 0.1) is 0 Å². The van der Waals surface area contributed by atoms with Gasteiger partial charge in [-0.15, -0.1) is 11.3 Å². The van der Waals surface area contributed by atoms with Crippen molar-refractivity contribution in [3.8, 4) is 11.3 Å². The first kappa shape index (κ1) is 12.9. The largest absolute Gasteiger partial charge is 0.360 e. The highest BCUT2D eigenvalue weighted by Crippen LogP contribution is 2.38. The van der Waals surface area contributed by atoms with Crippen LogP contribution in [0.25, 0.3) is 22.2 Å². The average Bonchev–Trinajstić information content (AvgIpc) is 3.31. The van der Waals surface area contributed by atoms with Gasteiger partial charge in [-0.05, 0) is 24.1 Å². The molecular formula is C19H15N3S. The summed E-state index contributed by atoms with van der Waals surface area (Å²) in [5, 5.41) is 4.47. The van der Waals surface area contributed by atoms with E-state index in [4.69, 9.17) is 4.98 Å². The second kappa shape index (κ2) is 4.96. The number of aromatic amines is 1. The van der Waals surface area contributed by atoms with E-state index < -0.39 is 0 Å². The normalized spacial score (nSPS) is 13.7. The molecule has 4 heteroatoms. The van der Waals surface area contributed by atoms with Crippen LogP contribution in [0.4, 0.5) is 10.8 Å². The minimum absolute atomic E-state index is 1.01. The number of para-hydroxylation sites is 2. The molecule has 0 aliphatic carbocycles. The van der Waals surface area contributed by atoms with Crippen molar-refractivity contribution in [3.63, 3.8) is 0 Å². The quantitative estimate of drug-likeness (QED) is 0.565. The van der Waals surface area contributed by atoms with Crippen LogP contribution in [0.15, 0.2) is 60.1 Å². The van der Waals surface area contributed by atoms with Crippen LogP contribution in [0.3, 0.4) is 0 Å². The fourth-order valence-corrected chi connectivity index (χ4v) is 4.20. The summed E-state index contributed by atoms with van der Waals surface area (Å²) in [5.74, 6) is 0. The van der Waals surface area contributed by atoms with Gasteiger partial charge in [-0.1, -0.05) is 36.4 Å². The van der Waals surface area contributed by atoms with Gasteiger partial charge in [0.15, 0.2) is 5.13 Å². The smallest absolute Gasteiger partial charge is 0.190 e. The van der Waals surface area contributed by atoms with E-state index in [1.807, 2.05) is 0 Å². The summed E-state index contributed by atoms with van der Waals surface area (Å²) < 4.78 is 0. The molecule has 1 aliphatic rings. The molecule has 0 saturated carbocycles. The van der Waals surface area contributed by atoms with Crippen LogP contribution in [0.1, 0.15) is 5.56 Å². The van der Waals surface area contributed by atoms with Gasteiger partial charge in [0.05, 0.1) is 5.69 Å². The fraction of sp³-hybridized carbons (Fsp3) is 0.105. The highest BCUT2D eigenvalue weighted by atomic mass is 32.1. The molecule has 2 aromatic carbocycles. The Morgan fingerprint density at radius 1 is 1.04 bits per heavy atom. The van der Waals surface area contributed by atoms with E-state index >= 15 is 0 Å². The van der Waals surface area contributed by atoms with Crippen LogP contribution in [-0.4, -0.2) is 16.5 Å². The minimum atomic E-state index is 1.01. The minimum Gasteiger partial charge on any atom is -0.360 e. The molecule has 23 heavy (non-hydrogen) atoms. The third-order valence-electron chi connectivity index (χ3n) is 4.48. The van der Waals surface area contributed by atoms with Gasteiger partial charge < -0.3 is 9.88 Å². The molecular weight excluding hydrogens is 302 g/mol. The van der Waals surface area contributed by atoms with Crippen molar-refractivity contribution < 1.29 is 0 Å². The zero-order chi connectivity index (χ0) is 15.2. The summed E-state index contributed by atoms with van der Waals surface area (Å²) in [5.41, 5.74) is 6.09. The molecule has 2 aromatic heterocycles. The lowest BCUT2D eigenvalue weighted by Gasteiger charge is -2.15. The van der Waals surface area contributed by atoms with Gasteiger partial charge in [0, 0.05) is 40.3 Å². The van der Waals surface area contributed by atoms with Gasteiger partial charge in [0.2, 0.25) is 0 Å². The molecule has 112 valence electrons. The summed E-state index contributed by atoms with van der Waals surface area (Å²) >= 11 is 1.72. The van der Waals surface area contributed by atoms with E-state index in [2.05, 4.69) is 70.0 Å². The Labute approximate surface area is 138 Å². The number of hydrogen-bond acceptors (Lipinski definition) is 3.